The molecule has 15 heavy (non-hydrogen) atoms. The molecule has 0 spiro atoms. The fourth-order valence-electron chi connectivity index (χ4n) is 1.89. The highest BCUT2D eigenvalue weighted by Gasteiger charge is 2.25. The van der Waals surface area contributed by atoms with Crippen LogP contribution in [0.4, 0.5) is 0 Å². The third-order valence-corrected chi connectivity index (χ3v) is 3.97. The highest BCUT2D eigenvalue weighted by atomic mass is 32.1. The zero-order valence-corrected chi connectivity index (χ0v) is 9.67. The fourth-order valence-corrected chi connectivity index (χ4v) is 2.84. The van der Waals surface area contributed by atoms with Gasteiger partial charge in [0.2, 0.25) is 5.01 Å². The summed E-state index contributed by atoms with van der Waals surface area (Å²) in [5.74, 6) is -0.907. The van der Waals surface area contributed by atoms with Crippen LogP contribution in [0.2, 0.25) is 0 Å². The van der Waals surface area contributed by atoms with Crippen LogP contribution in [0.25, 0.3) is 0 Å². The quantitative estimate of drug-likeness (QED) is 0.825. The van der Waals surface area contributed by atoms with E-state index in [-0.39, 0.29) is 5.01 Å². The second kappa shape index (κ2) is 3.90. The van der Waals surface area contributed by atoms with Gasteiger partial charge in [0.05, 0.1) is 5.69 Å². The molecule has 82 valence electrons. The minimum absolute atomic E-state index is 0.236. The number of aryl methyl sites for hydroxylation is 1. The number of aromatic carboxylic acids is 1. The van der Waals surface area contributed by atoms with E-state index < -0.39 is 5.97 Å². The summed E-state index contributed by atoms with van der Waals surface area (Å²) in [6.07, 6.45) is 2.94. The first kappa shape index (κ1) is 10.6. The van der Waals surface area contributed by atoms with Crippen molar-refractivity contribution in [3.8, 4) is 0 Å². The zero-order chi connectivity index (χ0) is 11.0. The molecule has 0 saturated heterocycles. The van der Waals surface area contributed by atoms with Crippen LogP contribution in [0.15, 0.2) is 0 Å². The van der Waals surface area contributed by atoms with Crippen molar-refractivity contribution < 1.29 is 9.90 Å². The molecule has 0 saturated carbocycles. The number of aromatic nitrogens is 1. The van der Waals surface area contributed by atoms with Gasteiger partial charge >= 0.3 is 5.97 Å². The summed E-state index contributed by atoms with van der Waals surface area (Å²) < 4.78 is 0. The van der Waals surface area contributed by atoms with Gasteiger partial charge in [0.15, 0.2) is 0 Å². The van der Waals surface area contributed by atoms with Crippen molar-refractivity contribution >= 4 is 17.3 Å². The van der Waals surface area contributed by atoms with E-state index in [0.29, 0.717) is 6.04 Å². The van der Waals surface area contributed by atoms with Crippen molar-refractivity contribution in [2.75, 3.05) is 14.1 Å². The van der Waals surface area contributed by atoms with Gasteiger partial charge < -0.3 is 10.0 Å². The second-order valence-corrected chi connectivity index (χ2v) is 5.14. The standard InChI is InChI=1S/C10H14N2O2S/c1-12(2)6-3-4-8-7(5-6)11-9(15-8)10(13)14/h6H,3-5H2,1-2H3,(H,13,14). The van der Waals surface area contributed by atoms with E-state index in [1.807, 2.05) is 0 Å². The first-order valence-electron chi connectivity index (χ1n) is 4.96. The van der Waals surface area contributed by atoms with Crippen molar-refractivity contribution in [1.82, 2.24) is 9.88 Å². The Morgan fingerprint density at radius 1 is 1.60 bits per heavy atom. The number of likely N-dealkylation sites (N-methyl/N-ethyl adjacent to an activating group) is 1. The Morgan fingerprint density at radius 3 is 2.93 bits per heavy atom. The number of hydrogen-bond acceptors (Lipinski definition) is 4. The van der Waals surface area contributed by atoms with Crippen molar-refractivity contribution in [3.05, 3.63) is 15.6 Å². The molecule has 0 bridgehead atoms. The normalized spacial score (nSPS) is 20.3. The third kappa shape index (κ3) is 2.03. The maximum Gasteiger partial charge on any atom is 0.365 e. The Kier molecular flexibility index (Phi) is 2.75. The fraction of sp³-hybridized carbons (Fsp3) is 0.600. The first-order chi connectivity index (χ1) is 7.08. The molecule has 1 heterocycles. The monoisotopic (exact) mass is 226 g/mol. The van der Waals surface area contributed by atoms with E-state index in [9.17, 15) is 4.79 Å². The summed E-state index contributed by atoms with van der Waals surface area (Å²) in [5, 5.41) is 9.08. The minimum Gasteiger partial charge on any atom is -0.476 e. The number of carboxylic acid groups (broad SMARTS) is 1. The molecule has 1 atom stereocenters. The highest BCUT2D eigenvalue weighted by Crippen LogP contribution is 2.28. The molecule has 1 aliphatic carbocycles. The second-order valence-electron chi connectivity index (χ2n) is 4.05. The van der Waals surface area contributed by atoms with Crippen LogP contribution in [-0.4, -0.2) is 41.1 Å². The number of fused-ring (bicyclic) bond motifs is 1. The van der Waals surface area contributed by atoms with Gasteiger partial charge in [-0.2, -0.15) is 0 Å². The lowest BCUT2D eigenvalue weighted by Crippen LogP contribution is -2.33. The van der Waals surface area contributed by atoms with Gasteiger partial charge in [-0.1, -0.05) is 0 Å². The predicted molar refractivity (Wildman–Crippen MR) is 58.6 cm³/mol. The molecule has 0 radical (unpaired) electrons. The van der Waals surface area contributed by atoms with E-state index in [0.717, 1.165) is 29.8 Å². The van der Waals surface area contributed by atoms with Crippen molar-refractivity contribution in [3.63, 3.8) is 0 Å². The number of thiazole rings is 1. The van der Waals surface area contributed by atoms with Crippen molar-refractivity contribution in [1.29, 1.82) is 0 Å². The summed E-state index contributed by atoms with van der Waals surface area (Å²) in [5.41, 5.74) is 0.988. The number of carboxylic acids is 1. The summed E-state index contributed by atoms with van der Waals surface area (Å²) >= 11 is 1.33. The Hall–Kier alpha value is -0.940. The Balaban J connectivity index is 2.23. The van der Waals surface area contributed by atoms with Gasteiger partial charge in [0, 0.05) is 17.3 Å². The van der Waals surface area contributed by atoms with Crippen LogP contribution >= 0.6 is 11.3 Å². The predicted octanol–water partition coefficient (Wildman–Crippen LogP) is 1.26. The van der Waals surface area contributed by atoms with E-state index in [1.165, 1.54) is 11.3 Å². The number of carbonyl (C=O) groups is 1. The molecule has 0 aliphatic heterocycles. The molecule has 1 unspecified atom stereocenters. The first-order valence-corrected chi connectivity index (χ1v) is 5.78. The molecule has 0 fully saturated rings. The van der Waals surface area contributed by atoms with E-state index in [2.05, 4.69) is 24.0 Å². The maximum atomic E-state index is 10.8. The molecule has 0 amide bonds. The molecule has 1 aliphatic rings. The lowest BCUT2D eigenvalue weighted by molar-refractivity contribution is 0.0696. The summed E-state index contributed by atoms with van der Waals surface area (Å²) in [6.45, 7) is 0. The summed E-state index contributed by atoms with van der Waals surface area (Å²) in [6, 6.07) is 0.501. The largest absolute Gasteiger partial charge is 0.476 e. The minimum atomic E-state index is -0.907. The van der Waals surface area contributed by atoms with Gasteiger partial charge in [-0.05, 0) is 26.9 Å². The number of nitrogens with zero attached hydrogens (tertiary/aromatic N) is 2. The molecule has 0 aromatic carbocycles. The van der Waals surface area contributed by atoms with Crippen LogP contribution in [0.1, 0.15) is 26.8 Å². The summed E-state index contributed by atoms with van der Waals surface area (Å²) in [7, 11) is 4.11. The van der Waals surface area contributed by atoms with E-state index >= 15 is 0 Å². The molecule has 2 rings (SSSR count). The Labute approximate surface area is 92.6 Å². The van der Waals surface area contributed by atoms with Crippen LogP contribution < -0.4 is 0 Å². The molecule has 1 aromatic heterocycles. The Morgan fingerprint density at radius 2 is 2.33 bits per heavy atom. The average molecular weight is 226 g/mol. The Bertz CT molecular complexity index is 387. The smallest absolute Gasteiger partial charge is 0.365 e. The lowest BCUT2D eigenvalue weighted by Gasteiger charge is -2.27. The molecule has 4 nitrogen and oxygen atoms in total. The highest BCUT2D eigenvalue weighted by molar-refractivity contribution is 7.13. The summed E-state index contributed by atoms with van der Waals surface area (Å²) in [4.78, 5) is 18.3. The van der Waals surface area contributed by atoms with E-state index in [1.54, 1.807) is 0 Å². The molecule has 1 N–H and O–H groups in total. The molecule has 5 heteroatoms. The van der Waals surface area contributed by atoms with Gasteiger partial charge in [0.1, 0.15) is 0 Å². The molecular weight excluding hydrogens is 212 g/mol. The van der Waals surface area contributed by atoms with Gasteiger partial charge in [-0.15, -0.1) is 11.3 Å². The van der Waals surface area contributed by atoms with Gasteiger partial charge in [-0.25, -0.2) is 9.78 Å². The zero-order valence-electron chi connectivity index (χ0n) is 8.86. The van der Waals surface area contributed by atoms with Gasteiger partial charge in [-0.3, -0.25) is 0 Å². The van der Waals surface area contributed by atoms with Crippen LogP contribution in [-0.2, 0) is 12.8 Å². The SMILES string of the molecule is CN(C)C1CCc2sc(C(=O)O)nc2C1. The van der Waals surface area contributed by atoms with Crippen molar-refractivity contribution in [2.45, 2.75) is 25.3 Å². The molecule has 1 aromatic rings. The lowest BCUT2D eigenvalue weighted by atomic mass is 9.97. The maximum absolute atomic E-state index is 10.8. The average Bonchev–Trinajstić information content (AvgIpc) is 2.59. The van der Waals surface area contributed by atoms with Crippen LogP contribution in [0, 0.1) is 0 Å². The topological polar surface area (TPSA) is 53.4 Å². The van der Waals surface area contributed by atoms with Crippen molar-refractivity contribution in [2.24, 2.45) is 0 Å². The number of hydrogen-bond donors (Lipinski definition) is 1. The van der Waals surface area contributed by atoms with E-state index in [4.69, 9.17) is 5.11 Å². The molecular formula is C10H14N2O2S. The number of rotatable bonds is 2. The van der Waals surface area contributed by atoms with Gasteiger partial charge in [0.25, 0.3) is 0 Å². The van der Waals surface area contributed by atoms with Crippen LogP contribution in [0.3, 0.4) is 0 Å². The third-order valence-electron chi connectivity index (χ3n) is 2.83. The van der Waals surface area contributed by atoms with Crippen LogP contribution in [0.5, 0.6) is 0 Å².